The third-order valence-corrected chi connectivity index (χ3v) is 4.71. The van der Waals surface area contributed by atoms with E-state index in [2.05, 4.69) is 12.1 Å². The summed E-state index contributed by atoms with van der Waals surface area (Å²) in [7, 11) is 0. The first kappa shape index (κ1) is 13.9. The molecule has 2 atom stereocenters. The van der Waals surface area contributed by atoms with Crippen LogP contribution < -0.4 is 0 Å². The molecule has 1 amide bonds. The minimum absolute atomic E-state index is 0.134. The van der Waals surface area contributed by atoms with E-state index in [1.807, 2.05) is 17.0 Å². The van der Waals surface area contributed by atoms with Crippen LogP contribution in [0.4, 0.5) is 0 Å². The lowest BCUT2D eigenvalue weighted by Crippen LogP contribution is -2.44. The van der Waals surface area contributed by atoms with Crippen LogP contribution in [-0.4, -0.2) is 37.1 Å². The van der Waals surface area contributed by atoms with Crippen molar-refractivity contribution in [2.75, 3.05) is 26.3 Å². The summed E-state index contributed by atoms with van der Waals surface area (Å²) in [5, 5.41) is 0.753. The van der Waals surface area contributed by atoms with Gasteiger partial charge in [0.1, 0.15) is 0 Å². The summed E-state index contributed by atoms with van der Waals surface area (Å²) in [5.74, 6) is 0.794. The molecule has 0 bridgehead atoms. The van der Waals surface area contributed by atoms with Crippen molar-refractivity contribution in [3.8, 4) is 0 Å². The molecule has 1 aliphatic heterocycles. The molecule has 20 heavy (non-hydrogen) atoms. The number of benzene rings is 1. The van der Waals surface area contributed by atoms with Gasteiger partial charge in [-0.25, -0.2) is 0 Å². The highest BCUT2D eigenvalue weighted by Crippen LogP contribution is 2.41. The molecule has 1 heterocycles. The standard InChI is InChI=1S/C16H20ClNO2/c17-13-6-4-12(5-7-13)14-2-1-3-15(14)16(19)18-8-10-20-11-9-18/h4-7,14-15H,1-3,8-11H2/t14?,15-/m1/s1. The zero-order chi connectivity index (χ0) is 13.9. The van der Waals surface area contributed by atoms with E-state index in [1.54, 1.807) is 0 Å². The van der Waals surface area contributed by atoms with Crippen molar-refractivity contribution in [2.45, 2.75) is 25.2 Å². The van der Waals surface area contributed by atoms with Gasteiger partial charge in [-0.05, 0) is 36.5 Å². The fourth-order valence-electron chi connectivity index (χ4n) is 3.38. The molecule has 1 saturated heterocycles. The number of hydrogen-bond donors (Lipinski definition) is 0. The van der Waals surface area contributed by atoms with Crippen molar-refractivity contribution in [2.24, 2.45) is 5.92 Å². The SMILES string of the molecule is O=C([C@@H]1CCCC1c1ccc(Cl)cc1)N1CCOCC1. The molecule has 108 valence electrons. The normalized spacial score (nSPS) is 26.8. The van der Waals surface area contributed by atoms with E-state index in [0.717, 1.165) is 37.4 Å². The smallest absolute Gasteiger partial charge is 0.226 e. The van der Waals surface area contributed by atoms with E-state index in [9.17, 15) is 4.79 Å². The molecule has 1 unspecified atom stereocenters. The summed E-state index contributed by atoms with van der Waals surface area (Å²) < 4.78 is 5.33. The van der Waals surface area contributed by atoms with E-state index in [0.29, 0.717) is 25.0 Å². The summed E-state index contributed by atoms with van der Waals surface area (Å²) in [5.41, 5.74) is 1.25. The predicted molar refractivity (Wildman–Crippen MR) is 78.9 cm³/mol. The van der Waals surface area contributed by atoms with E-state index < -0.39 is 0 Å². The quantitative estimate of drug-likeness (QED) is 0.839. The lowest BCUT2D eigenvalue weighted by Gasteiger charge is -2.31. The zero-order valence-electron chi connectivity index (χ0n) is 11.6. The Morgan fingerprint density at radius 3 is 2.55 bits per heavy atom. The molecular formula is C16H20ClNO2. The third-order valence-electron chi connectivity index (χ3n) is 4.45. The van der Waals surface area contributed by atoms with Crippen LogP contribution in [-0.2, 0) is 9.53 Å². The summed E-state index contributed by atoms with van der Waals surface area (Å²) in [6, 6.07) is 7.98. The monoisotopic (exact) mass is 293 g/mol. The zero-order valence-corrected chi connectivity index (χ0v) is 12.3. The van der Waals surface area contributed by atoms with E-state index in [1.165, 1.54) is 5.56 Å². The Bertz CT molecular complexity index is 468. The highest BCUT2D eigenvalue weighted by atomic mass is 35.5. The third kappa shape index (κ3) is 2.84. The molecule has 2 aliphatic rings. The number of carbonyl (C=O) groups is 1. The number of halogens is 1. The minimum Gasteiger partial charge on any atom is -0.378 e. The van der Waals surface area contributed by atoms with Crippen LogP contribution >= 0.6 is 11.6 Å². The van der Waals surface area contributed by atoms with Crippen molar-refractivity contribution < 1.29 is 9.53 Å². The number of rotatable bonds is 2. The molecule has 1 aromatic carbocycles. The second-order valence-electron chi connectivity index (χ2n) is 5.63. The average Bonchev–Trinajstić information content (AvgIpc) is 2.97. The van der Waals surface area contributed by atoms with E-state index in [4.69, 9.17) is 16.3 Å². The Kier molecular flexibility index (Phi) is 4.27. The van der Waals surface area contributed by atoms with Crippen molar-refractivity contribution >= 4 is 17.5 Å². The van der Waals surface area contributed by atoms with Crippen LogP contribution in [0.2, 0.25) is 5.02 Å². The van der Waals surface area contributed by atoms with Crippen molar-refractivity contribution in [3.05, 3.63) is 34.9 Å². The molecular weight excluding hydrogens is 274 g/mol. The van der Waals surface area contributed by atoms with Crippen LogP contribution in [0.15, 0.2) is 24.3 Å². The number of hydrogen-bond acceptors (Lipinski definition) is 2. The summed E-state index contributed by atoms with van der Waals surface area (Å²) in [6.07, 6.45) is 3.24. The Labute approximate surface area is 124 Å². The summed E-state index contributed by atoms with van der Waals surface area (Å²) in [6.45, 7) is 2.82. The molecule has 0 radical (unpaired) electrons. The fraction of sp³-hybridized carbons (Fsp3) is 0.562. The molecule has 0 aromatic heterocycles. The summed E-state index contributed by atoms with van der Waals surface area (Å²) in [4.78, 5) is 14.7. The molecule has 0 N–H and O–H groups in total. The van der Waals surface area contributed by atoms with Gasteiger partial charge in [0.15, 0.2) is 0 Å². The topological polar surface area (TPSA) is 29.5 Å². The first-order valence-corrected chi connectivity index (χ1v) is 7.75. The van der Waals surface area contributed by atoms with Gasteiger partial charge in [-0.3, -0.25) is 4.79 Å². The van der Waals surface area contributed by atoms with Crippen molar-refractivity contribution in [1.29, 1.82) is 0 Å². The molecule has 2 fully saturated rings. The van der Waals surface area contributed by atoms with Crippen LogP contribution in [0.5, 0.6) is 0 Å². The van der Waals surface area contributed by atoms with Gasteiger partial charge in [-0.2, -0.15) is 0 Å². The molecule has 0 spiro atoms. The van der Waals surface area contributed by atoms with Gasteiger partial charge in [0, 0.05) is 24.0 Å². The lowest BCUT2D eigenvalue weighted by atomic mass is 9.88. The maximum Gasteiger partial charge on any atom is 0.226 e. The molecule has 3 rings (SSSR count). The number of morpholine rings is 1. The van der Waals surface area contributed by atoms with Crippen LogP contribution in [0, 0.1) is 5.92 Å². The number of carbonyl (C=O) groups excluding carboxylic acids is 1. The fourth-order valence-corrected chi connectivity index (χ4v) is 3.51. The summed E-state index contributed by atoms with van der Waals surface area (Å²) >= 11 is 5.95. The highest BCUT2D eigenvalue weighted by molar-refractivity contribution is 6.30. The van der Waals surface area contributed by atoms with Crippen LogP contribution in [0.1, 0.15) is 30.7 Å². The van der Waals surface area contributed by atoms with Gasteiger partial charge in [0.05, 0.1) is 13.2 Å². The van der Waals surface area contributed by atoms with Gasteiger partial charge in [-0.15, -0.1) is 0 Å². The van der Waals surface area contributed by atoms with Crippen LogP contribution in [0.3, 0.4) is 0 Å². The van der Waals surface area contributed by atoms with Gasteiger partial charge >= 0.3 is 0 Å². The van der Waals surface area contributed by atoms with Gasteiger partial charge < -0.3 is 9.64 Å². The molecule has 1 saturated carbocycles. The molecule has 1 aliphatic carbocycles. The largest absolute Gasteiger partial charge is 0.378 e. The Balaban J connectivity index is 1.74. The Morgan fingerprint density at radius 2 is 1.85 bits per heavy atom. The minimum atomic E-state index is 0.134. The first-order chi connectivity index (χ1) is 9.75. The first-order valence-electron chi connectivity index (χ1n) is 7.38. The second-order valence-corrected chi connectivity index (χ2v) is 6.07. The van der Waals surface area contributed by atoms with E-state index in [-0.39, 0.29) is 5.92 Å². The van der Waals surface area contributed by atoms with Crippen LogP contribution in [0.25, 0.3) is 0 Å². The number of amides is 1. The van der Waals surface area contributed by atoms with Gasteiger partial charge in [0.25, 0.3) is 0 Å². The van der Waals surface area contributed by atoms with Gasteiger partial charge in [0.2, 0.25) is 5.91 Å². The average molecular weight is 294 g/mol. The molecule has 4 heteroatoms. The molecule has 1 aromatic rings. The molecule has 3 nitrogen and oxygen atoms in total. The van der Waals surface area contributed by atoms with E-state index >= 15 is 0 Å². The van der Waals surface area contributed by atoms with Gasteiger partial charge in [-0.1, -0.05) is 30.2 Å². The lowest BCUT2D eigenvalue weighted by molar-refractivity contribution is -0.139. The maximum absolute atomic E-state index is 12.7. The van der Waals surface area contributed by atoms with Crippen molar-refractivity contribution in [3.63, 3.8) is 0 Å². The second kappa shape index (κ2) is 6.15. The maximum atomic E-state index is 12.7. The Morgan fingerprint density at radius 1 is 1.15 bits per heavy atom. The predicted octanol–water partition coefficient (Wildman–Crippen LogP) is 3.08. The number of ether oxygens (including phenoxy) is 1. The Hall–Kier alpha value is -1.06. The van der Waals surface area contributed by atoms with Crippen molar-refractivity contribution in [1.82, 2.24) is 4.90 Å². The highest BCUT2D eigenvalue weighted by Gasteiger charge is 2.36. The number of nitrogens with zero attached hydrogens (tertiary/aromatic N) is 1.